The van der Waals surface area contributed by atoms with E-state index in [4.69, 9.17) is 5.11 Å². The Hall–Kier alpha value is -0.120. The molecule has 1 heterocycles. The predicted octanol–water partition coefficient (Wildman–Crippen LogP) is 1.33. The van der Waals surface area contributed by atoms with Crippen LogP contribution in [0, 0.1) is 11.3 Å². The number of nitrogens with one attached hydrogen (secondary N) is 1. The van der Waals surface area contributed by atoms with Crippen molar-refractivity contribution in [2.75, 3.05) is 39.3 Å². The van der Waals surface area contributed by atoms with Crippen LogP contribution in [0.5, 0.6) is 0 Å². The molecule has 1 aliphatic heterocycles. The first kappa shape index (κ1) is 13.9. The summed E-state index contributed by atoms with van der Waals surface area (Å²) in [6.45, 7) is 12.9. The average Bonchev–Trinajstić information content (AvgIpc) is 2.62. The first-order chi connectivity index (χ1) is 7.57. The quantitative estimate of drug-likeness (QED) is 0.690. The van der Waals surface area contributed by atoms with Gasteiger partial charge in [0.25, 0.3) is 0 Å². The van der Waals surface area contributed by atoms with Crippen molar-refractivity contribution in [3.05, 3.63) is 0 Å². The molecule has 0 aromatic rings. The van der Waals surface area contributed by atoms with Gasteiger partial charge in [0.2, 0.25) is 0 Å². The minimum Gasteiger partial charge on any atom is -0.396 e. The summed E-state index contributed by atoms with van der Waals surface area (Å²) in [6.07, 6.45) is 2.24. The van der Waals surface area contributed by atoms with Crippen LogP contribution >= 0.6 is 0 Å². The maximum atomic E-state index is 8.93. The topological polar surface area (TPSA) is 35.5 Å². The fourth-order valence-electron chi connectivity index (χ4n) is 2.60. The summed E-state index contributed by atoms with van der Waals surface area (Å²) in [6, 6.07) is 0. The summed E-state index contributed by atoms with van der Waals surface area (Å²) < 4.78 is 0. The number of aliphatic hydroxyl groups is 1. The van der Waals surface area contributed by atoms with Gasteiger partial charge in [0.05, 0.1) is 0 Å². The van der Waals surface area contributed by atoms with E-state index >= 15 is 0 Å². The second kappa shape index (κ2) is 6.58. The zero-order valence-electron chi connectivity index (χ0n) is 11.1. The van der Waals surface area contributed by atoms with Crippen molar-refractivity contribution in [2.45, 2.75) is 33.6 Å². The Balaban J connectivity index is 2.26. The Morgan fingerprint density at radius 1 is 1.44 bits per heavy atom. The summed E-state index contributed by atoms with van der Waals surface area (Å²) >= 11 is 0. The molecule has 0 amide bonds. The molecule has 2 N–H and O–H groups in total. The van der Waals surface area contributed by atoms with Crippen molar-refractivity contribution in [3.8, 4) is 0 Å². The predicted molar refractivity (Wildman–Crippen MR) is 68.6 cm³/mol. The third-order valence-electron chi connectivity index (χ3n) is 3.41. The molecule has 0 spiro atoms. The van der Waals surface area contributed by atoms with Crippen molar-refractivity contribution in [1.29, 1.82) is 0 Å². The van der Waals surface area contributed by atoms with E-state index in [9.17, 15) is 0 Å². The molecule has 3 heteroatoms. The lowest BCUT2D eigenvalue weighted by Gasteiger charge is -2.30. The van der Waals surface area contributed by atoms with E-state index in [0.717, 1.165) is 25.4 Å². The van der Waals surface area contributed by atoms with Crippen molar-refractivity contribution >= 4 is 0 Å². The minimum absolute atomic E-state index is 0.347. The second-order valence-electron chi connectivity index (χ2n) is 5.85. The molecule has 0 aliphatic carbocycles. The molecule has 1 saturated heterocycles. The average molecular weight is 228 g/mol. The van der Waals surface area contributed by atoms with Gasteiger partial charge in [0, 0.05) is 26.2 Å². The minimum atomic E-state index is 0.347. The van der Waals surface area contributed by atoms with E-state index in [1.165, 1.54) is 26.1 Å². The van der Waals surface area contributed by atoms with Crippen LogP contribution in [0.2, 0.25) is 0 Å². The molecule has 0 radical (unpaired) electrons. The molecule has 1 unspecified atom stereocenters. The summed E-state index contributed by atoms with van der Waals surface area (Å²) in [7, 11) is 0. The van der Waals surface area contributed by atoms with Crippen LogP contribution in [0.3, 0.4) is 0 Å². The molecule has 16 heavy (non-hydrogen) atoms. The first-order valence-electron chi connectivity index (χ1n) is 6.61. The van der Waals surface area contributed by atoms with Crippen LogP contribution in [-0.2, 0) is 0 Å². The highest BCUT2D eigenvalue weighted by Crippen LogP contribution is 2.24. The van der Waals surface area contributed by atoms with E-state index < -0.39 is 0 Å². The second-order valence-corrected chi connectivity index (χ2v) is 5.85. The number of aliphatic hydroxyl groups excluding tert-OH is 1. The van der Waals surface area contributed by atoms with Gasteiger partial charge in [0.15, 0.2) is 0 Å². The van der Waals surface area contributed by atoms with Crippen LogP contribution in [0.1, 0.15) is 33.6 Å². The van der Waals surface area contributed by atoms with Gasteiger partial charge in [-0.15, -0.1) is 0 Å². The molecule has 1 aliphatic rings. The Morgan fingerprint density at radius 3 is 2.81 bits per heavy atom. The summed E-state index contributed by atoms with van der Waals surface area (Å²) in [5.74, 6) is 0.722. The Morgan fingerprint density at radius 2 is 2.19 bits per heavy atom. The number of hydrogen-bond donors (Lipinski definition) is 2. The molecular weight excluding hydrogens is 200 g/mol. The molecule has 0 aromatic heterocycles. The van der Waals surface area contributed by atoms with Crippen LogP contribution in [-0.4, -0.2) is 49.3 Å². The standard InChI is InChI=1S/C13H28N2O/c1-4-14-10-13(2,3)11-15-7-5-12(9-15)6-8-16/h12,14,16H,4-11H2,1-3H3. The molecule has 1 rings (SSSR count). The van der Waals surface area contributed by atoms with Gasteiger partial charge >= 0.3 is 0 Å². The monoisotopic (exact) mass is 228 g/mol. The van der Waals surface area contributed by atoms with Crippen molar-refractivity contribution in [1.82, 2.24) is 10.2 Å². The number of rotatable bonds is 7. The van der Waals surface area contributed by atoms with Crippen LogP contribution in [0.15, 0.2) is 0 Å². The van der Waals surface area contributed by atoms with Gasteiger partial charge in [-0.25, -0.2) is 0 Å². The summed E-state index contributed by atoms with van der Waals surface area (Å²) in [4.78, 5) is 2.55. The van der Waals surface area contributed by atoms with E-state index in [1.807, 2.05) is 0 Å². The molecule has 1 atom stereocenters. The molecular formula is C13H28N2O. The van der Waals surface area contributed by atoms with Gasteiger partial charge in [-0.1, -0.05) is 20.8 Å². The van der Waals surface area contributed by atoms with E-state index in [-0.39, 0.29) is 0 Å². The number of likely N-dealkylation sites (tertiary alicyclic amines) is 1. The van der Waals surface area contributed by atoms with Crippen molar-refractivity contribution in [3.63, 3.8) is 0 Å². The fraction of sp³-hybridized carbons (Fsp3) is 1.00. The van der Waals surface area contributed by atoms with Crippen molar-refractivity contribution < 1.29 is 5.11 Å². The molecule has 96 valence electrons. The number of hydrogen-bond acceptors (Lipinski definition) is 3. The zero-order valence-corrected chi connectivity index (χ0v) is 11.1. The summed E-state index contributed by atoms with van der Waals surface area (Å²) in [5, 5.41) is 12.4. The zero-order chi connectivity index (χ0) is 12.0. The molecule has 0 bridgehead atoms. The lowest BCUT2D eigenvalue weighted by Crippen LogP contribution is -2.39. The molecule has 3 nitrogen and oxygen atoms in total. The normalized spacial score (nSPS) is 22.9. The van der Waals surface area contributed by atoms with Crippen molar-refractivity contribution in [2.24, 2.45) is 11.3 Å². The highest BCUT2D eigenvalue weighted by Gasteiger charge is 2.27. The van der Waals surface area contributed by atoms with E-state index in [2.05, 4.69) is 31.0 Å². The maximum absolute atomic E-state index is 8.93. The number of nitrogens with zero attached hydrogens (tertiary/aromatic N) is 1. The van der Waals surface area contributed by atoms with E-state index in [0.29, 0.717) is 12.0 Å². The highest BCUT2D eigenvalue weighted by molar-refractivity contribution is 4.82. The Labute approximate surface area is 100 Å². The smallest absolute Gasteiger partial charge is 0.0434 e. The third kappa shape index (κ3) is 4.81. The van der Waals surface area contributed by atoms with Crippen LogP contribution in [0.25, 0.3) is 0 Å². The highest BCUT2D eigenvalue weighted by atomic mass is 16.3. The van der Waals surface area contributed by atoms with Crippen LogP contribution < -0.4 is 5.32 Å². The molecule has 0 saturated carbocycles. The lowest BCUT2D eigenvalue weighted by molar-refractivity contribution is 0.193. The molecule has 1 fully saturated rings. The Bertz CT molecular complexity index is 194. The fourth-order valence-corrected chi connectivity index (χ4v) is 2.60. The van der Waals surface area contributed by atoms with Gasteiger partial charge in [-0.2, -0.15) is 0 Å². The Kier molecular flexibility index (Phi) is 5.73. The first-order valence-corrected chi connectivity index (χ1v) is 6.61. The van der Waals surface area contributed by atoms with Gasteiger partial charge in [-0.05, 0) is 37.3 Å². The lowest BCUT2D eigenvalue weighted by atomic mass is 9.92. The van der Waals surface area contributed by atoms with Gasteiger partial charge in [-0.3, -0.25) is 0 Å². The molecule has 0 aromatic carbocycles. The largest absolute Gasteiger partial charge is 0.396 e. The van der Waals surface area contributed by atoms with E-state index in [1.54, 1.807) is 0 Å². The van der Waals surface area contributed by atoms with Gasteiger partial charge in [0.1, 0.15) is 0 Å². The third-order valence-corrected chi connectivity index (χ3v) is 3.41. The maximum Gasteiger partial charge on any atom is 0.0434 e. The summed E-state index contributed by atoms with van der Waals surface area (Å²) in [5.41, 5.74) is 0.351. The SMILES string of the molecule is CCNCC(C)(C)CN1CCC(CCO)C1. The van der Waals surface area contributed by atoms with Crippen LogP contribution in [0.4, 0.5) is 0 Å². The van der Waals surface area contributed by atoms with Gasteiger partial charge < -0.3 is 15.3 Å².